The number of fused-ring (bicyclic) bond motifs is 1. The largest absolute Gasteiger partial charge is 0.366 e. The topological polar surface area (TPSA) is 104 Å². The summed E-state index contributed by atoms with van der Waals surface area (Å²) in [5.41, 5.74) is 8.89. The van der Waals surface area contributed by atoms with Gasteiger partial charge in [-0.1, -0.05) is 49.6 Å². The first kappa shape index (κ1) is 17.5. The highest BCUT2D eigenvalue weighted by Gasteiger charge is 2.38. The molecule has 1 heterocycles. The predicted molar refractivity (Wildman–Crippen MR) is 105 cm³/mol. The molecule has 3 aromatic rings. The standard InChI is InChI=1S/C21H24N4O2/c22-19(26)15-9-10-16-18(25-20(27)24-16)17(15)21(11-5-2-6-12-21)23-13-14-7-3-1-4-8-14/h1,3-4,7-10,23H,2,5-6,11-13H2,(H2,22,26)(H2,24,25,27). The Bertz CT molecular complexity index is 1010. The molecule has 0 radical (unpaired) electrons. The smallest absolute Gasteiger partial charge is 0.323 e. The van der Waals surface area contributed by atoms with Crippen molar-refractivity contribution in [3.8, 4) is 0 Å². The van der Waals surface area contributed by atoms with Crippen LogP contribution in [0.15, 0.2) is 47.3 Å². The van der Waals surface area contributed by atoms with Crippen molar-refractivity contribution in [2.24, 2.45) is 5.73 Å². The molecule has 0 spiro atoms. The third-order valence-electron chi connectivity index (χ3n) is 5.62. The van der Waals surface area contributed by atoms with E-state index in [0.717, 1.165) is 31.2 Å². The molecule has 1 aliphatic rings. The van der Waals surface area contributed by atoms with Gasteiger partial charge in [0.15, 0.2) is 0 Å². The summed E-state index contributed by atoms with van der Waals surface area (Å²) < 4.78 is 0. The number of nitrogens with two attached hydrogens (primary N) is 1. The van der Waals surface area contributed by atoms with Gasteiger partial charge in [-0.05, 0) is 30.5 Å². The third kappa shape index (κ3) is 3.28. The van der Waals surface area contributed by atoms with Crippen LogP contribution in [0, 0.1) is 0 Å². The minimum atomic E-state index is -0.472. The van der Waals surface area contributed by atoms with E-state index in [1.807, 2.05) is 18.2 Å². The highest BCUT2D eigenvalue weighted by molar-refractivity contribution is 5.99. The molecule has 6 heteroatoms. The lowest BCUT2D eigenvalue weighted by molar-refractivity contribution is 0.0995. The first-order valence-electron chi connectivity index (χ1n) is 9.43. The minimum absolute atomic E-state index is 0.276. The van der Waals surface area contributed by atoms with Crippen LogP contribution in [0.2, 0.25) is 0 Å². The first-order chi connectivity index (χ1) is 13.1. The van der Waals surface area contributed by atoms with Gasteiger partial charge in [0, 0.05) is 23.2 Å². The van der Waals surface area contributed by atoms with E-state index in [2.05, 4.69) is 27.4 Å². The fourth-order valence-corrected chi connectivity index (χ4v) is 4.34. The average molecular weight is 364 g/mol. The summed E-state index contributed by atoms with van der Waals surface area (Å²) in [6, 6.07) is 13.7. The molecule has 0 atom stereocenters. The van der Waals surface area contributed by atoms with Gasteiger partial charge in [0.1, 0.15) is 0 Å². The Labute approximate surface area is 157 Å². The number of hydrogen-bond donors (Lipinski definition) is 4. The van der Waals surface area contributed by atoms with E-state index in [-0.39, 0.29) is 5.69 Å². The van der Waals surface area contributed by atoms with Crippen molar-refractivity contribution >= 4 is 16.9 Å². The van der Waals surface area contributed by atoms with E-state index < -0.39 is 11.4 Å². The van der Waals surface area contributed by atoms with Crippen LogP contribution in [0.4, 0.5) is 0 Å². The lowest BCUT2D eigenvalue weighted by Gasteiger charge is -2.40. The molecule has 1 aromatic heterocycles. The zero-order valence-corrected chi connectivity index (χ0v) is 15.2. The zero-order valence-electron chi connectivity index (χ0n) is 15.2. The fourth-order valence-electron chi connectivity index (χ4n) is 4.34. The number of H-pyrrole nitrogens is 2. The van der Waals surface area contributed by atoms with Gasteiger partial charge in [0.2, 0.25) is 5.91 Å². The quantitative estimate of drug-likeness (QED) is 0.559. The lowest BCUT2D eigenvalue weighted by atomic mass is 9.74. The zero-order chi connectivity index (χ0) is 18.9. The molecule has 27 heavy (non-hydrogen) atoms. The second kappa shape index (κ2) is 7.04. The first-order valence-corrected chi connectivity index (χ1v) is 9.43. The van der Waals surface area contributed by atoms with Crippen molar-refractivity contribution in [1.82, 2.24) is 15.3 Å². The highest BCUT2D eigenvalue weighted by Crippen LogP contribution is 2.41. The Balaban J connectivity index is 1.85. The van der Waals surface area contributed by atoms with E-state index in [9.17, 15) is 9.59 Å². The second-order valence-corrected chi connectivity index (χ2v) is 7.34. The molecule has 1 fully saturated rings. The van der Waals surface area contributed by atoms with Crippen molar-refractivity contribution in [2.45, 2.75) is 44.2 Å². The molecule has 1 aliphatic carbocycles. The van der Waals surface area contributed by atoms with Gasteiger partial charge in [-0.25, -0.2) is 4.79 Å². The Kier molecular flexibility index (Phi) is 4.58. The van der Waals surface area contributed by atoms with Crippen LogP contribution in [-0.2, 0) is 12.1 Å². The van der Waals surface area contributed by atoms with Crippen LogP contribution in [0.1, 0.15) is 53.6 Å². The van der Waals surface area contributed by atoms with Crippen LogP contribution in [0.3, 0.4) is 0 Å². The lowest BCUT2D eigenvalue weighted by Crippen LogP contribution is -2.45. The van der Waals surface area contributed by atoms with Crippen LogP contribution < -0.4 is 16.7 Å². The van der Waals surface area contributed by atoms with Gasteiger partial charge in [0.25, 0.3) is 0 Å². The maximum Gasteiger partial charge on any atom is 0.323 e. The van der Waals surface area contributed by atoms with Gasteiger partial charge in [-0.15, -0.1) is 0 Å². The number of aromatic nitrogens is 2. The number of carbonyl (C=O) groups is 1. The van der Waals surface area contributed by atoms with Gasteiger partial charge >= 0.3 is 5.69 Å². The van der Waals surface area contributed by atoms with E-state index in [1.54, 1.807) is 12.1 Å². The summed E-state index contributed by atoms with van der Waals surface area (Å²) in [7, 11) is 0. The third-order valence-corrected chi connectivity index (χ3v) is 5.62. The summed E-state index contributed by atoms with van der Waals surface area (Å²) in [5.74, 6) is -0.472. The summed E-state index contributed by atoms with van der Waals surface area (Å²) in [5, 5.41) is 3.72. The molecule has 1 amide bonds. The molecule has 0 aliphatic heterocycles. The molecule has 2 aromatic carbocycles. The summed E-state index contributed by atoms with van der Waals surface area (Å²) >= 11 is 0. The van der Waals surface area contributed by atoms with Crippen LogP contribution in [0.5, 0.6) is 0 Å². The second-order valence-electron chi connectivity index (χ2n) is 7.34. The number of primary amides is 1. The molecular weight excluding hydrogens is 340 g/mol. The molecule has 140 valence electrons. The molecule has 0 bridgehead atoms. The van der Waals surface area contributed by atoms with Crippen molar-refractivity contribution in [3.05, 3.63) is 69.6 Å². The van der Waals surface area contributed by atoms with Gasteiger partial charge < -0.3 is 21.0 Å². The molecule has 4 rings (SSSR count). The number of carbonyl (C=O) groups excluding carboxylic acids is 1. The summed E-state index contributed by atoms with van der Waals surface area (Å²) in [6.45, 7) is 0.685. The molecule has 0 unspecified atom stereocenters. The van der Waals surface area contributed by atoms with Crippen molar-refractivity contribution in [3.63, 3.8) is 0 Å². The molecule has 5 N–H and O–H groups in total. The summed E-state index contributed by atoms with van der Waals surface area (Å²) in [6.07, 6.45) is 5.08. The summed E-state index contributed by atoms with van der Waals surface area (Å²) in [4.78, 5) is 29.9. The molecular formula is C21H24N4O2. The van der Waals surface area contributed by atoms with Crippen molar-refractivity contribution in [1.29, 1.82) is 0 Å². The van der Waals surface area contributed by atoms with Crippen LogP contribution >= 0.6 is 0 Å². The van der Waals surface area contributed by atoms with E-state index in [4.69, 9.17) is 5.73 Å². The maximum atomic E-state index is 12.2. The average Bonchev–Trinajstić information content (AvgIpc) is 3.07. The fraction of sp³-hybridized carbons (Fsp3) is 0.333. The number of benzene rings is 2. The Morgan fingerprint density at radius 1 is 1.04 bits per heavy atom. The van der Waals surface area contributed by atoms with E-state index in [1.165, 1.54) is 12.0 Å². The van der Waals surface area contributed by atoms with Crippen molar-refractivity contribution in [2.75, 3.05) is 0 Å². The van der Waals surface area contributed by atoms with Crippen LogP contribution in [0.25, 0.3) is 11.0 Å². The Morgan fingerprint density at radius 3 is 2.48 bits per heavy atom. The monoisotopic (exact) mass is 364 g/mol. The van der Waals surface area contributed by atoms with Gasteiger partial charge in [-0.2, -0.15) is 0 Å². The number of hydrogen-bond acceptors (Lipinski definition) is 3. The normalized spacial score (nSPS) is 16.4. The Hall–Kier alpha value is -2.86. The van der Waals surface area contributed by atoms with Crippen LogP contribution in [-0.4, -0.2) is 15.9 Å². The Morgan fingerprint density at radius 2 is 1.78 bits per heavy atom. The number of nitrogens with one attached hydrogen (secondary N) is 3. The predicted octanol–water partition coefficient (Wildman–Crippen LogP) is 2.90. The van der Waals surface area contributed by atoms with Gasteiger partial charge in [-0.3, -0.25) is 4.79 Å². The molecule has 1 saturated carbocycles. The minimum Gasteiger partial charge on any atom is -0.366 e. The maximum absolute atomic E-state index is 12.2. The number of amides is 1. The SMILES string of the molecule is NC(=O)c1ccc2[nH]c(=O)[nH]c2c1C1(NCc2ccccc2)CCCCC1. The number of rotatable bonds is 5. The van der Waals surface area contributed by atoms with E-state index >= 15 is 0 Å². The van der Waals surface area contributed by atoms with Crippen molar-refractivity contribution < 1.29 is 4.79 Å². The number of imidazole rings is 1. The van der Waals surface area contributed by atoms with Gasteiger partial charge in [0.05, 0.1) is 11.0 Å². The molecule has 6 nitrogen and oxygen atoms in total. The highest BCUT2D eigenvalue weighted by atomic mass is 16.1. The van der Waals surface area contributed by atoms with E-state index in [0.29, 0.717) is 23.1 Å². The number of aromatic amines is 2. The molecule has 0 saturated heterocycles.